The fourth-order valence-electron chi connectivity index (χ4n) is 2.46. The van der Waals surface area contributed by atoms with E-state index in [9.17, 15) is 4.79 Å². The number of nitrogens with zero attached hydrogens (tertiary/aromatic N) is 1. The first-order valence-electron chi connectivity index (χ1n) is 9.07. The van der Waals surface area contributed by atoms with Crippen LogP contribution in [-0.2, 0) is 11.4 Å². The number of hydrazone groups is 1. The van der Waals surface area contributed by atoms with Gasteiger partial charge in [-0.3, -0.25) is 4.79 Å². The van der Waals surface area contributed by atoms with E-state index in [0.717, 1.165) is 22.4 Å². The molecule has 0 aromatic heterocycles. The number of ether oxygens (including phenoxy) is 2. The molecule has 0 atom stereocenters. The van der Waals surface area contributed by atoms with Crippen molar-refractivity contribution in [2.75, 3.05) is 6.61 Å². The molecule has 1 amide bonds. The molecule has 0 bridgehead atoms. The number of nitrogens with one attached hydrogen (secondary N) is 1. The van der Waals surface area contributed by atoms with E-state index in [-0.39, 0.29) is 12.5 Å². The van der Waals surface area contributed by atoms with Crippen LogP contribution < -0.4 is 14.9 Å². The lowest BCUT2D eigenvalue weighted by Crippen LogP contribution is -2.24. The molecule has 0 fully saturated rings. The number of halogens is 1. The van der Waals surface area contributed by atoms with Crippen molar-refractivity contribution < 1.29 is 14.3 Å². The molecule has 0 aliphatic heterocycles. The van der Waals surface area contributed by atoms with Gasteiger partial charge in [-0.1, -0.05) is 35.9 Å². The maximum Gasteiger partial charge on any atom is 0.277 e. The van der Waals surface area contributed by atoms with E-state index in [1.54, 1.807) is 12.3 Å². The molecule has 29 heavy (non-hydrogen) atoms. The van der Waals surface area contributed by atoms with Crippen LogP contribution in [0, 0.1) is 6.92 Å². The van der Waals surface area contributed by atoms with Crippen LogP contribution in [0.15, 0.2) is 77.9 Å². The van der Waals surface area contributed by atoms with E-state index in [0.29, 0.717) is 17.4 Å². The fourth-order valence-corrected chi connectivity index (χ4v) is 2.59. The Morgan fingerprint density at radius 1 is 1.00 bits per heavy atom. The average molecular weight is 409 g/mol. The van der Waals surface area contributed by atoms with Crippen molar-refractivity contribution in [2.45, 2.75) is 13.5 Å². The Kier molecular flexibility index (Phi) is 7.25. The summed E-state index contributed by atoms with van der Waals surface area (Å²) in [5.74, 6) is 1.07. The third kappa shape index (κ3) is 6.97. The largest absolute Gasteiger partial charge is 0.489 e. The molecule has 6 heteroatoms. The van der Waals surface area contributed by atoms with Gasteiger partial charge in [0.15, 0.2) is 6.61 Å². The highest BCUT2D eigenvalue weighted by Crippen LogP contribution is 2.15. The van der Waals surface area contributed by atoms with Crippen LogP contribution >= 0.6 is 11.6 Å². The summed E-state index contributed by atoms with van der Waals surface area (Å²) in [5.41, 5.74) is 5.39. The summed E-state index contributed by atoms with van der Waals surface area (Å²) in [4.78, 5) is 11.8. The van der Waals surface area contributed by atoms with Crippen molar-refractivity contribution >= 4 is 23.7 Å². The van der Waals surface area contributed by atoms with Crippen LogP contribution in [0.3, 0.4) is 0 Å². The molecule has 0 heterocycles. The topological polar surface area (TPSA) is 59.9 Å². The molecule has 3 aromatic carbocycles. The van der Waals surface area contributed by atoms with E-state index >= 15 is 0 Å². The minimum absolute atomic E-state index is 0.0989. The molecule has 0 unspecified atom stereocenters. The number of rotatable bonds is 8. The van der Waals surface area contributed by atoms with Crippen LogP contribution in [0.2, 0.25) is 5.02 Å². The number of carbonyl (C=O) groups is 1. The molecule has 5 nitrogen and oxygen atoms in total. The van der Waals surface area contributed by atoms with Gasteiger partial charge < -0.3 is 9.47 Å². The lowest BCUT2D eigenvalue weighted by Gasteiger charge is -2.07. The highest BCUT2D eigenvalue weighted by molar-refractivity contribution is 6.30. The van der Waals surface area contributed by atoms with Crippen LogP contribution in [0.1, 0.15) is 16.7 Å². The molecule has 0 spiro atoms. The minimum atomic E-state index is -0.328. The monoisotopic (exact) mass is 408 g/mol. The van der Waals surface area contributed by atoms with Crippen molar-refractivity contribution in [1.29, 1.82) is 0 Å². The van der Waals surface area contributed by atoms with Crippen molar-refractivity contribution in [3.05, 3.63) is 94.5 Å². The standard InChI is InChI=1S/C23H21ClN2O3/c1-17-3-2-4-22(13-17)29-16-23(27)26-25-14-18-7-11-21(12-8-18)28-15-19-5-9-20(24)10-6-19/h2-14H,15-16H2,1H3,(H,26,27)/b25-14-. The number of aryl methyl sites for hydroxylation is 1. The highest BCUT2D eigenvalue weighted by Gasteiger charge is 2.01. The predicted octanol–water partition coefficient (Wildman–Crippen LogP) is 4.76. The van der Waals surface area contributed by atoms with Gasteiger partial charge in [0.2, 0.25) is 0 Å². The summed E-state index contributed by atoms with van der Waals surface area (Å²) in [7, 11) is 0. The number of amides is 1. The maximum absolute atomic E-state index is 11.8. The normalized spacial score (nSPS) is 10.7. The van der Waals surface area contributed by atoms with E-state index in [4.69, 9.17) is 21.1 Å². The Balaban J connectivity index is 1.42. The molecule has 0 aliphatic rings. The van der Waals surface area contributed by atoms with Crippen LogP contribution in [0.25, 0.3) is 0 Å². The van der Waals surface area contributed by atoms with Gasteiger partial charge in [0.25, 0.3) is 5.91 Å². The molecule has 0 saturated heterocycles. The van der Waals surface area contributed by atoms with Gasteiger partial charge in [0.1, 0.15) is 18.1 Å². The Hall–Kier alpha value is -3.31. The molecular formula is C23H21ClN2O3. The van der Waals surface area contributed by atoms with Gasteiger partial charge in [0.05, 0.1) is 6.21 Å². The van der Waals surface area contributed by atoms with Crippen molar-refractivity contribution in [1.82, 2.24) is 5.43 Å². The molecule has 148 valence electrons. The zero-order valence-electron chi connectivity index (χ0n) is 16.0. The van der Waals surface area contributed by atoms with Gasteiger partial charge in [-0.05, 0) is 72.1 Å². The highest BCUT2D eigenvalue weighted by atomic mass is 35.5. The van der Waals surface area contributed by atoms with E-state index in [1.165, 1.54) is 0 Å². The minimum Gasteiger partial charge on any atom is -0.489 e. The van der Waals surface area contributed by atoms with Crippen molar-refractivity contribution in [3.8, 4) is 11.5 Å². The Morgan fingerprint density at radius 3 is 2.48 bits per heavy atom. The summed E-state index contributed by atoms with van der Waals surface area (Å²) in [6.07, 6.45) is 1.56. The fraction of sp³-hybridized carbons (Fsp3) is 0.130. The van der Waals surface area contributed by atoms with Crippen LogP contribution in [0.4, 0.5) is 0 Å². The molecule has 0 radical (unpaired) electrons. The Labute approximate surface area is 174 Å². The average Bonchev–Trinajstić information content (AvgIpc) is 2.73. The van der Waals surface area contributed by atoms with E-state index in [1.807, 2.05) is 73.7 Å². The lowest BCUT2D eigenvalue weighted by molar-refractivity contribution is -0.123. The molecule has 0 aliphatic carbocycles. The van der Waals surface area contributed by atoms with Gasteiger partial charge in [-0.25, -0.2) is 5.43 Å². The molecule has 0 saturated carbocycles. The second kappa shape index (κ2) is 10.3. The van der Waals surface area contributed by atoms with Crippen LogP contribution in [0.5, 0.6) is 11.5 Å². The van der Waals surface area contributed by atoms with E-state index in [2.05, 4.69) is 10.5 Å². The quantitative estimate of drug-likeness (QED) is 0.432. The third-order valence-corrected chi connectivity index (χ3v) is 4.21. The van der Waals surface area contributed by atoms with Crippen LogP contribution in [-0.4, -0.2) is 18.7 Å². The summed E-state index contributed by atoms with van der Waals surface area (Å²) in [6, 6.07) is 22.4. The smallest absolute Gasteiger partial charge is 0.277 e. The SMILES string of the molecule is Cc1cccc(OCC(=O)N/N=C\c2ccc(OCc3ccc(Cl)cc3)cc2)c1. The summed E-state index contributed by atoms with van der Waals surface area (Å²) < 4.78 is 11.2. The predicted molar refractivity (Wildman–Crippen MR) is 115 cm³/mol. The number of hydrogen-bond acceptors (Lipinski definition) is 4. The first kappa shape index (κ1) is 20.4. The first-order chi connectivity index (χ1) is 14.1. The Bertz CT molecular complexity index is 970. The van der Waals surface area contributed by atoms with Gasteiger partial charge >= 0.3 is 0 Å². The number of benzene rings is 3. The van der Waals surface area contributed by atoms with Gasteiger partial charge in [-0.15, -0.1) is 0 Å². The first-order valence-corrected chi connectivity index (χ1v) is 9.45. The number of carbonyl (C=O) groups excluding carboxylic acids is 1. The molecule has 1 N–H and O–H groups in total. The van der Waals surface area contributed by atoms with Gasteiger partial charge in [0, 0.05) is 5.02 Å². The van der Waals surface area contributed by atoms with Gasteiger partial charge in [-0.2, -0.15) is 5.10 Å². The molecule has 3 aromatic rings. The summed E-state index contributed by atoms with van der Waals surface area (Å²) in [6.45, 7) is 2.32. The third-order valence-electron chi connectivity index (χ3n) is 3.96. The van der Waals surface area contributed by atoms with Crippen molar-refractivity contribution in [2.24, 2.45) is 5.10 Å². The summed E-state index contributed by atoms with van der Waals surface area (Å²) >= 11 is 5.87. The zero-order valence-corrected chi connectivity index (χ0v) is 16.7. The zero-order chi connectivity index (χ0) is 20.5. The van der Waals surface area contributed by atoms with Crippen molar-refractivity contribution in [3.63, 3.8) is 0 Å². The second-order valence-corrected chi connectivity index (χ2v) is 6.82. The molecular weight excluding hydrogens is 388 g/mol. The van der Waals surface area contributed by atoms with E-state index < -0.39 is 0 Å². The maximum atomic E-state index is 11.8. The second-order valence-electron chi connectivity index (χ2n) is 6.38. The lowest BCUT2D eigenvalue weighted by atomic mass is 10.2. The molecule has 3 rings (SSSR count). The number of hydrogen-bond donors (Lipinski definition) is 1. The Morgan fingerprint density at radius 2 is 1.76 bits per heavy atom. The summed E-state index contributed by atoms with van der Waals surface area (Å²) in [5, 5.41) is 4.65.